The number of carbonyl (C=O) groups excluding carboxylic acids is 1. The zero-order valence-corrected chi connectivity index (χ0v) is 13.3. The number of aromatic amines is 1. The second-order valence-corrected chi connectivity index (χ2v) is 4.91. The van der Waals surface area contributed by atoms with E-state index < -0.39 is 0 Å². The normalized spacial score (nSPS) is 10.4. The number of ether oxygens (including phenoxy) is 1. The van der Waals surface area contributed by atoms with Crippen LogP contribution in [0.4, 0.5) is 11.5 Å². The molecule has 1 amide bonds. The number of methoxy groups -OCH3 is 1. The molecule has 0 aliphatic heterocycles. The van der Waals surface area contributed by atoms with Crippen LogP contribution >= 0.6 is 11.6 Å². The van der Waals surface area contributed by atoms with E-state index in [2.05, 4.69) is 20.2 Å². The maximum atomic E-state index is 12.3. The first kappa shape index (κ1) is 16.0. The Balaban J connectivity index is 2.52. The molecule has 0 aromatic carbocycles. The molecule has 0 spiro atoms. The summed E-state index contributed by atoms with van der Waals surface area (Å²) >= 11 is 5.75. The first-order chi connectivity index (χ1) is 10.6. The molecule has 0 aliphatic carbocycles. The Kier molecular flexibility index (Phi) is 5.16. The summed E-state index contributed by atoms with van der Waals surface area (Å²) in [5, 5.41) is 6.71. The van der Waals surface area contributed by atoms with Gasteiger partial charge in [0.1, 0.15) is 12.2 Å². The van der Waals surface area contributed by atoms with Gasteiger partial charge < -0.3 is 9.64 Å². The van der Waals surface area contributed by atoms with Gasteiger partial charge in [-0.25, -0.2) is 4.98 Å². The van der Waals surface area contributed by atoms with Crippen molar-refractivity contribution >= 4 is 29.0 Å². The van der Waals surface area contributed by atoms with Crippen molar-refractivity contribution in [2.45, 2.75) is 6.54 Å². The summed E-state index contributed by atoms with van der Waals surface area (Å²) in [5.74, 6) is 0.410. The largest absolute Gasteiger partial charge is 0.479 e. The molecule has 0 bridgehead atoms. The van der Waals surface area contributed by atoms with Crippen LogP contribution in [-0.2, 0) is 11.3 Å². The Morgan fingerprint density at radius 1 is 1.41 bits per heavy atom. The minimum Gasteiger partial charge on any atom is -0.479 e. The second kappa shape index (κ2) is 7.08. The van der Waals surface area contributed by atoms with Crippen LogP contribution in [0.1, 0.15) is 5.69 Å². The van der Waals surface area contributed by atoms with E-state index in [0.29, 0.717) is 17.4 Å². The van der Waals surface area contributed by atoms with Gasteiger partial charge in [-0.05, 0) is 6.07 Å². The lowest BCUT2D eigenvalue weighted by atomic mass is 10.3. The number of halogens is 1. The Hall–Kier alpha value is -2.35. The third-order valence-corrected chi connectivity index (χ3v) is 3.19. The minimum absolute atomic E-state index is 0.168. The number of H-pyrrole nitrogens is 1. The van der Waals surface area contributed by atoms with Gasteiger partial charge >= 0.3 is 0 Å². The zero-order valence-electron chi connectivity index (χ0n) is 12.6. The van der Waals surface area contributed by atoms with Gasteiger partial charge in [0.2, 0.25) is 11.8 Å². The molecule has 0 aliphatic rings. The zero-order chi connectivity index (χ0) is 16.1. The number of aromatic nitrogens is 4. The molecule has 2 rings (SSSR count). The van der Waals surface area contributed by atoms with Crippen molar-refractivity contribution in [1.82, 2.24) is 20.2 Å². The van der Waals surface area contributed by atoms with Crippen molar-refractivity contribution in [3.05, 3.63) is 24.3 Å². The average Bonchev–Trinajstić information content (AvgIpc) is 3.04. The van der Waals surface area contributed by atoms with E-state index in [4.69, 9.17) is 16.3 Å². The topological polar surface area (TPSA) is 87.2 Å². The first-order valence-electron chi connectivity index (χ1n) is 6.49. The number of nitrogens with zero attached hydrogens (tertiary/aromatic N) is 5. The quantitative estimate of drug-likeness (QED) is 0.799. The van der Waals surface area contributed by atoms with Crippen LogP contribution in [0.3, 0.4) is 0 Å². The minimum atomic E-state index is -0.285. The fourth-order valence-corrected chi connectivity index (χ4v) is 2.12. The highest BCUT2D eigenvalue weighted by atomic mass is 35.5. The van der Waals surface area contributed by atoms with Gasteiger partial charge in [-0.2, -0.15) is 10.1 Å². The lowest BCUT2D eigenvalue weighted by Crippen LogP contribution is -2.33. The predicted molar refractivity (Wildman–Crippen MR) is 83.4 cm³/mol. The van der Waals surface area contributed by atoms with Gasteiger partial charge in [0, 0.05) is 20.3 Å². The summed E-state index contributed by atoms with van der Waals surface area (Å²) in [4.78, 5) is 23.9. The molecule has 2 aromatic heterocycles. The van der Waals surface area contributed by atoms with Crippen molar-refractivity contribution in [3.63, 3.8) is 0 Å². The molecule has 1 N–H and O–H groups in total. The molecule has 8 nitrogen and oxygen atoms in total. The van der Waals surface area contributed by atoms with Crippen LogP contribution in [0, 0.1) is 0 Å². The number of rotatable bonds is 6. The van der Waals surface area contributed by atoms with Gasteiger partial charge in [0.25, 0.3) is 0 Å². The first-order valence-corrected chi connectivity index (χ1v) is 7.02. The Labute approximate surface area is 133 Å². The Morgan fingerprint density at radius 2 is 2.18 bits per heavy atom. The molecule has 0 saturated heterocycles. The van der Waals surface area contributed by atoms with Crippen molar-refractivity contribution < 1.29 is 9.53 Å². The second-order valence-electron chi connectivity index (χ2n) is 4.64. The highest BCUT2D eigenvalue weighted by Crippen LogP contribution is 2.35. The fourth-order valence-electron chi connectivity index (χ4n) is 1.97. The number of amides is 1. The molecule has 2 aromatic rings. The molecule has 0 atom stereocenters. The number of hydrogen-bond donors (Lipinski definition) is 1. The van der Waals surface area contributed by atoms with Crippen LogP contribution in [-0.4, -0.2) is 53.2 Å². The van der Waals surface area contributed by atoms with Crippen LogP contribution in [0.25, 0.3) is 0 Å². The van der Waals surface area contributed by atoms with Crippen LogP contribution in [0.15, 0.2) is 18.6 Å². The van der Waals surface area contributed by atoms with Crippen molar-refractivity contribution in [3.8, 4) is 5.88 Å². The maximum Gasteiger partial charge on any atom is 0.243 e. The van der Waals surface area contributed by atoms with E-state index in [1.807, 2.05) is 14.1 Å². The summed E-state index contributed by atoms with van der Waals surface area (Å²) in [6.45, 7) is 0.260. The van der Waals surface area contributed by atoms with Crippen LogP contribution < -0.4 is 14.5 Å². The Bertz CT molecular complexity index is 631. The monoisotopic (exact) mass is 324 g/mol. The fraction of sp³-hybridized carbons (Fsp3) is 0.385. The summed E-state index contributed by atoms with van der Waals surface area (Å²) in [5.41, 5.74) is 1.23. The molecule has 0 unspecified atom stereocenters. The molecule has 2 heterocycles. The standard InChI is InChI=1S/C13H17ClN6O2/c1-19(2)12-11(13(22-3)16-8-15-12)20(10(21)6-14)7-9-4-5-17-18-9/h4-5,8H,6-7H2,1-3H3,(H,17,18). The summed E-state index contributed by atoms with van der Waals surface area (Å²) < 4.78 is 5.29. The van der Waals surface area contributed by atoms with Gasteiger partial charge in [-0.15, -0.1) is 11.6 Å². The number of hydrogen-bond acceptors (Lipinski definition) is 6. The van der Waals surface area contributed by atoms with Crippen LogP contribution in [0.5, 0.6) is 5.88 Å². The van der Waals surface area contributed by atoms with Gasteiger partial charge in [-0.3, -0.25) is 14.8 Å². The van der Waals surface area contributed by atoms with E-state index in [1.165, 1.54) is 18.3 Å². The highest BCUT2D eigenvalue weighted by Gasteiger charge is 2.25. The van der Waals surface area contributed by atoms with E-state index in [9.17, 15) is 4.79 Å². The van der Waals surface area contributed by atoms with Gasteiger partial charge in [-0.1, -0.05) is 0 Å². The van der Waals surface area contributed by atoms with Crippen molar-refractivity contribution in [2.24, 2.45) is 0 Å². The number of carbonyl (C=O) groups is 1. The Morgan fingerprint density at radius 3 is 2.73 bits per heavy atom. The molecule has 0 fully saturated rings. The summed E-state index contributed by atoms with van der Waals surface area (Å²) in [6.07, 6.45) is 3.00. The molecule has 0 saturated carbocycles. The van der Waals surface area contributed by atoms with E-state index in [-0.39, 0.29) is 18.3 Å². The van der Waals surface area contributed by atoms with E-state index in [0.717, 1.165) is 5.69 Å². The maximum absolute atomic E-state index is 12.3. The van der Waals surface area contributed by atoms with Gasteiger partial charge in [0.15, 0.2) is 11.5 Å². The summed E-state index contributed by atoms with van der Waals surface area (Å²) in [7, 11) is 5.14. The average molecular weight is 325 g/mol. The molecular formula is C13H17ClN6O2. The molecular weight excluding hydrogens is 308 g/mol. The van der Waals surface area contributed by atoms with Crippen LogP contribution in [0.2, 0.25) is 0 Å². The SMILES string of the molecule is COc1ncnc(N(C)C)c1N(Cc1ccn[nH]1)C(=O)CCl. The van der Waals surface area contributed by atoms with E-state index >= 15 is 0 Å². The third kappa shape index (κ3) is 3.28. The molecule has 22 heavy (non-hydrogen) atoms. The number of anilines is 2. The highest BCUT2D eigenvalue weighted by molar-refractivity contribution is 6.29. The third-order valence-electron chi connectivity index (χ3n) is 2.96. The number of nitrogens with one attached hydrogen (secondary N) is 1. The molecule has 9 heteroatoms. The van der Waals surface area contributed by atoms with E-state index in [1.54, 1.807) is 17.2 Å². The summed E-state index contributed by atoms with van der Waals surface area (Å²) in [6, 6.07) is 1.78. The predicted octanol–water partition coefficient (Wildman–Crippen LogP) is 1.05. The molecule has 0 radical (unpaired) electrons. The lowest BCUT2D eigenvalue weighted by molar-refractivity contribution is -0.116. The lowest BCUT2D eigenvalue weighted by Gasteiger charge is -2.26. The van der Waals surface area contributed by atoms with Gasteiger partial charge in [0.05, 0.1) is 19.3 Å². The molecule has 118 valence electrons. The van der Waals surface area contributed by atoms with Crippen molar-refractivity contribution in [1.29, 1.82) is 0 Å². The smallest absolute Gasteiger partial charge is 0.243 e. The number of alkyl halides is 1. The van der Waals surface area contributed by atoms with Crippen molar-refractivity contribution in [2.75, 3.05) is 36.9 Å².